The molecule has 0 radical (unpaired) electrons. The zero-order chi connectivity index (χ0) is 13.4. The van der Waals surface area contributed by atoms with Crippen LogP contribution in [-0.4, -0.2) is 13.7 Å². The topological polar surface area (TPSA) is 35.2 Å². The van der Waals surface area contributed by atoms with Gasteiger partial charge in [0.1, 0.15) is 0 Å². The van der Waals surface area contributed by atoms with Crippen LogP contribution in [0.4, 0.5) is 0 Å². The molecule has 2 heteroatoms. The van der Waals surface area contributed by atoms with Crippen LogP contribution < -0.4 is 16.2 Å². The summed E-state index contributed by atoms with van der Waals surface area (Å²) in [5.41, 5.74) is 6.89. The minimum absolute atomic E-state index is 0.721. The van der Waals surface area contributed by atoms with Crippen molar-refractivity contribution in [2.45, 2.75) is 26.2 Å². The van der Waals surface area contributed by atoms with Crippen molar-refractivity contribution in [2.75, 3.05) is 13.7 Å². The first-order valence-corrected chi connectivity index (χ1v) is 6.39. The van der Waals surface area contributed by atoms with Gasteiger partial charge in [-0.25, -0.2) is 0 Å². The number of hydrogen-bond acceptors (Lipinski definition) is 2. The lowest BCUT2D eigenvalue weighted by Gasteiger charge is -2.04. The maximum atomic E-state index is 5.57. The summed E-state index contributed by atoms with van der Waals surface area (Å²) in [6.07, 6.45) is 6.98. The molecule has 2 nitrogen and oxygen atoms in total. The quantitative estimate of drug-likeness (QED) is 0.774. The van der Waals surface area contributed by atoms with Crippen LogP contribution in [0.1, 0.15) is 25.3 Å². The fraction of sp³-hybridized carbons (Fsp3) is 0.375. The normalized spacial score (nSPS) is 12.8. The Morgan fingerprint density at radius 1 is 1.44 bits per heavy atom. The Labute approximate surface area is 109 Å². The van der Waals surface area contributed by atoms with Crippen molar-refractivity contribution in [3.63, 3.8) is 0 Å². The third kappa shape index (κ3) is 4.04. The molecule has 0 spiro atoms. The van der Waals surface area contributed by atoms with E-state index in [1.165, 1.54) is 10.8 Å². The maximum absolute atomic E-state index is 5.57. The minimum atomic E-state index is 0.721. The summed E-state index contributed by atoms with van der Waals surface area (Å²) in [4.78, 5) is 0. The SMILES string of the molecule is C=c1cccc(CCCN)/c1=C/C/C(=C\C)OC. The average molecular weight is 245 g/mol. The van der Waals surface area contributed by atoms with E-state index < -0.39 is 0 Å². The summed E-state index contributed by atoms with van der Waals surface area (Å²) >= 11 is 0. The Kier molecular flexibility index (Phi) is 6.23. The van der Waals surface area contributed by atoms with Crippen LogP contribution in [0.2, 0.25) is 0 Å². The number of aryl methyl sites for hydroxylation is 1. The third-order valence-electron chi connectivity index (χ3n) is 3.03. The molecular formula is C16H23NO. The smallest absolute Gasteiger partial charge is 0.0950 e. The van der Waals surface area contributed by atoms with Crippen LogP contribution in [0.3, 0.4) is 0 Å². The van der Waals surface area contributed by atoms with Crippen molar-refractivity contribution in [1.82, 2.24) is 0 Å². The first-order valence-electron chi connectivity index (χ1n) is 6.39. The molecule has 0 bridgehead atoms. The first kappa shape index (κ1) is 14.5. The molecular weight excluding hydrogens is 222 g/mol. The first-order chi connectivity index (χ1) is 8.72. The second kappa shape index (κ2) is 7.72. The van der Waals surface area contributed by atoms with Gasteiger partial charge in [-0.15, -0.1) is 0 Å². The van der Waals surface area contributed by atoms with Gasteiger partial charge in [-0.1, -0.05) is 30.9 Å². The summed E-state index contributed by atoms with van der Waals surface area (Å²) in [5, 5.41) is 2.29. The van der Waals surface area contributed by atoms with E-state index in [2.05, 4.69) is 24.8 Å². The van der Waals surface area contributed by atoms with Crippen LogP contribution in [0.5, 0.6) is 0 Å². The summed E-state index contributed by atoms with van der Waals surface area (Å²) in [6, 6.07) is 6.25. The van der Waals surface area contributed by atoms with Gasteiger partial charge in [0, 0.05) is 6.42 Å². The molecule has 0 fully saturated rings. The fourth-order valence-electron chi connectivity index (χ4n) is 1.96. The molecule has 2 N–H and O–H groups in total. The summed E-state index contributed by atoms with van der Waals surface area (Å²) in [7, 11) is 1.70. The van der Waals surface area contributed by atoms with Crippen LogP contribution in [0.25, 0.3) is 12.7 Å². The molecule has 0 aliphatic rings. The van der Waals surface area contributed by atoms with Crippen LogP contribution in [-0.2, 0) is 11.2 Å². The molecule has 0 heterocycles. The minimum Gasteiger partial charge on any atom is -0.501 e. The van der Waals surface area contributed by atoms with E-state index in [4.69, 9.17) is 10.5 Å². The highest BCUT2D eigenvalue weighted by Gasteiger charge is 1.97. The van der Waals surface area contributed by atoms with Crippen molar-refractivity contribution < 1.29 is 4.74 Å². The number of benzene rings is 1. The second-order valence-corrected chi connectivity index (χ2v) is 4.25. The van der Waals surface area contributed by atoms with E-state index in [-0.39, 0.29) is 0 Å². The standard InChI is InChI=1S/C16H23NO/c1-4-15(18-3)10-11-16-13(2)7-5-8-14(16)9-6-12-17/h4-5,7-8,11H,2,6,9-10,12,17H2,1,3H3/b15-4+,16-11+. The molecule has 18 heavy (non-hydrogen) atoms. The van der Waals surface area contributed by atoms with Crippen molar-refractivity contribution in [1.29, 1.82) is 0 Å². The molecule has 98 valence electrons. The number of rotatable bonds is 6. The number of hydrogen-bond donors (Lipinski definition) is 1. The largest absolute Gasteiger partial charge is 0.501 e. The van der Waals surface area contributed by atoms with E-state index in [1.807, 2.05) is 19.1 Å². The zero-order valence-electron chi connectivity index (χ0n) is 11.4. The predicted octanol–water partition coefficient (Wildman–Crippen LogP) is 1.71. The van der Waals surface area contributed by atoms with Gasteiger partial charge in [0.2, 0.25) is 0 Å². The lowest BCUT2D eigenvalue weighted by molar-refractivity contribution is 0.286. The van der Waals surface area contributed by atoms with Gasteiger partial charge in [0.25, 0.3) is 0 Å². The van der Waals surface area contributed by atoms with Crippen molar-refractivity contribution >= 4 is 12.7 Å². The monoisotopic (exact) mass is 245 g/mol. The summed E-state index contributed by atoms with van der Waals surface area (Å²) in [6.45, 7) is 6.80. The van der Waals surface area contributed by atoms with Gasteiger partial charge in [0.15, 0.2) is 0 Å². The molecule has 1 aromatic rings. The van der Waals surface area contributed by atoms with Gasteiger partial charge < -0.3 is 10.5 Å². The molecule has 1 aromatic carbocycles. The molecule has 0 saturated carbocycles. The van der Waals surface area contributed by atoms with E-state index in [1.54, 1.807) is 7.11 Å². The highest BCUT2D eigenvalue weighted by atomic mass is 16.5. The number of methoxy groups -OCH3 is 1. The highest BCUT2D eigenvalue weighted by molar-refractivity contribution is 5.35. The lowest BCUT2D eigenvalue weighted by atomic mass is 10.0. The highest BCUT2D eigenvalue weighted by Crippen LogP contribution is 2.02. The van der Waals surface area contributed by atoms with Gasteiger partial charge in [-0.05, 0) is 48.4 Å². The Morgan fingerprint density at radius 3 is 2.83 bits per heavy atom. The van der Waals surface area contributed by atoms with Gasteiger partial charge >= 0.3 is 0 Å². The number of allylic oxidation sites excluding steroid dienone is 2. The van der Waals surface area contributed by atoms with E-state index in [0.717, 1.165) is 36.8 Å². The Morgan fingerprint density at radius 2 is 2.22 bits per heavy atom. The molecule has 0 unspecified atom stereocenters. The number of ether oxygens (including phenoxy) is 1. The van der Waals surface area contributed by atoms with E-state index >= 15 is 0 Å². The van der Waals surface area contributed by atoms with Crippen LogP contribution >= 0.6 is 0 Å². The van der Waals surface area contributed by atoms with Gasteiger partial charge in [-0.2, -0.15) is 0 Å². The van der Waals surface area contributed by atoms with Crippen LogP contribution in [0, 0.1) is 0 Å². The number of nitrogens with two attached hydrogens (primary N) is 1. The fourth-order valence-corrected chi connectivity index (χ4v) is 1.96. The Bertz CT molecular complexity index is 502. The Balaban J connectivity index is 3.05. The van der Waals surface area contributed by atoms with Gasteiger partial charge in [-0.3, -0.25) is 0 Å². The molecule has 0 amide bonds. The van der Waals surface area contributed by atoms with Crippen molar-refractivity contribution in [3.8, 4) is 0 Å². The molecule has 0 aliphatic heterocycles. The second-order valence-electron chi connectivity index (χ2n) is 4.25. The molecule has 1 rings (SSSR count). The van der Waals surface area contributed by atoms with Gasteiger partial charge in [0.05, 0.1) is 12.9 Å². The van der Waals surface area contributed by atoms with E-state index in [0.29, 0.717) is 0 Å². The molecule has 0 atom stereocenters. The molecule has 0 saturated heterocycles. The van der Waals surface area contributed by atoms with E-state index in [9.17, 15) is 0 Å². The average Bonchev–Trinajstić information content (AvgIpc) is 2.39. The molecule has 0 aliphatic carbocycles. The summed E-state index contributed by atoms with van der Waals surface area (Å²) < 4.78 is 5.27. The Hall–Kier alpha value is -1.54. The zero-order valence-corrected chi connectivity index (χ0v) is 11.4. The third-order valence-corrected chi connectivity index (χ3v) is 3.03. The molecule has 0 aromatic heterocycles. The maximum Gasteiger partial charge on any atom is 0.0950 e. The van der Waals surface area contributed by atoms with Crippen molar-refractivity contribution in [3.05, 3.63) is 46.0 Å². The van der Waals surface area contributed by atoms with Crippen molar-refractivity contribution in [2.24, 2.45) is 5.73 Å². The lowest BCUT2D eigenvalue weighted by Crippen LogP contribution is -2.27. The van der Waals surface area contributed by atoms with Crippen LogP contribution in [0.15, 0.2) is 30.0 Å². The summed E-state index contributed by atoms with van der Waals surface area (Å²) in [5.74, 6) is 0.975. The predicted molar refractivity (Wildman–Crippen MR) is 78.4 cm³/mol.